The topological polar surface area (TPSA) is 68.8 Å². The first-order valence-electron chi connectivity index (χ1n) is 9.41. The van der Waals surface area contributed by atoms with E-state index in [4.69, 9.17) is 14.3 Å². The van der Waals surface area contributed by atoms with E-state index in [2.05, 4.69) is 17.4 Å². The van der Waals surface area contributed by atoms with Gasteiger partial charge in [-0.2, -0.15) is 5.48 Å². The zero-order valence-corrected chi connectivity index (χ0v) is 16.0. The third kappa shape index (κ3) is 4.98. The lowest BCUT2D eigenvalue weighted by atomic mass is 9.91. The van der Waals surface area contributed by atoms with E-state index in [0.717, 1.165) is 22.4 Å². The van der Waals surface area contributed by atoms with E-state index >= 15 is 0 Å². The maximum atomic E-state index is 12.3. The molecule has 0 amide bonds. The normalized spacial score (nSPS) is 18.2. The Bertz CT molecular complexity index is 794. The molecule has 1 heterocycles. The average molecular weight is 382 g/mol. The quantitative estimate of drug-likeness (QED) is 0.394. The van der Waals surface area contributed by atoms with Crippen LogP contribution in [0.2, 0.25) is 0 Å². The van der Waals surface area contributed by atoms with Gasteiger partial charge in [-0.25, -0.2) is 4.79 Å². The molecule has 0 saturated carbocycles. The van der Waals surface area contributed by atoms with Gasteiger partial charge < -0.3 is 9.47 Å². The summed E-state index contributed by atoms with van der Waals surface area (Å²) < 4.78 is 10.9. The SMILES string of the molecule is C=CCOc1ccc2c(c1)C(NOCc1ccccc1)CNC2C(=O)OCC. The molecule has 28 heavy (non-hydrogen) atoms. The Labute approximate surface area is 165 Å². The smallest absolute Gasteiger partial charge is 0.327 e. The van der Waals surface area contributed by atoms with Crippen molar-refractivity contribution in [1.29, 1.82) is 0 Å². The highest BCUT2D eigenvalue weighted by atomic mass is 16.6. The Kier molecular flexibility index (Phi) is 7.19. The second kappa shape index (κ2) is 10.0. The van der Waals surface area contributed by atoms with Gasteiger partial charge >= 0.3 is 5.97 Å². The predicted octanol–water partition coefficient (Wildman–Crippen LogP) is 3.22. The van der Waals surface area contributed by atoms with Crippen LogP contribution in [0, 0.1) is 0 Å². The van der Waals surface area contributed by atoms with Crippen LogP contribution in [0.5, 0.6) is 5.75 Å². The van der Waals surface area contributed by atoms with Crippen LogP contribution >= 0.6 is 0 Å². The molecule has 2 unspecified atom stereocenters. The molecular weight excluding hydrogens is 356 g/mol. The van der Waals surface area contributed by atoms with Gasteiger partial charge in [-0.05, 0) is 35.7 Å². The van der Waals surface area contributed by atoms with E-state index in [-0.39, 0.29) is 12.0 Å². The Balaban J connectivity index is 1.76. The Morgan fingerprint density at radius 1 is 1.25 bits per heavy atom. The molecule has 0 saturated heterocycles. The van der Waals surface area contributed by atoms with Gasteiger partial charge in [0.05, 0.1) is 19.3 Å². The standard InChI is InChI=1S/C22H26N2O4/c1-3-12-27-17-10-11-18-19(13-17)20(14-23-21(18)22(25)26-4-2)24-28-15-16-8-6-5-7-9-16/h3,5-11,13,20-21,23-24H,1,4,12,14-15H2,2H3. The summed E-state index contributed by atoms with van der Waals surface area (Å²) >= 11 is 0. The molecule has 2 N–H and O–H groups in total. The highest BCUT2D eigenvalue weighted by Crippen LogP contribution is 2.32. The summed E-state index contributed by atoms with van der Waals surface area (Å²) in [7, 11) is 0. The number of fused-ring (bicyclic) bond motifs is 1. The van der Waals surface area contributed by atoms with Gasteiger partial charge in [0, 0.05) is 6.54 Å². The largest absolute Gasteiger partial charge is 0.490 e. The minimum atomic E-state index is -0.504. The molecule has 2 aromatic rings. The number of carbonyl (C=O) groups is 1. The number of rotatable bonds is 9. The molecule has 1 aliphatic heterocycles. The fraction of sp³-hybridized carbons (Fsp3) is 0.318. The van der Waals surface area contributed by atoms with Crippen LogP contribution in [0.1, 0.15) is 35.7 Å². The second-order valence-electron chi connectivity index (χ2n) is 6.43. The molecule has 148 valence electrons. The van der Waals surface area contributed by atoms with Gasteiger partial charge in [-0.15, -0.1) is 0 Å². The Morgan fingerprint density at radius 3 is 2.82 bits per heavy atom. The number of hydroxylamine groups is 1. The molecule has 0 fully saturated rings. The van der Waals surface area contributed by atoms with Crippen LogP contribution in [-0.2, 0) is 21.0 Å². The minimum absolute atomic E-state index is 0.128. The van der Waals surface area contributed by atoms with E-state index in [1.807, 2.05) is 48.5 Å². The van der Waals surface area contributed by atoms with Gasteiger partial charge in [0.15, 0.2) is 0 Å². The molecule has 2 aromatic carbocycles. The van der Waals surface area contributed by atoms with Crippen LogP contribution in [-0.4, -0.2) is 25.7 Å². The van der Waals surface area contributed by atoms with Crippen LogP contribution in [0.15, 0.2) is 61.2 Å². The van der Waals surface area contributed by atoms with Crippen molar-refractivity contribution < 1.29 is 19.1 Å². The second-order valence-corrected chi connectivity index (χ2v) is 6.43. The maximum Gasteiger partial charge on any atom is 0.327 e. The summed E-state index contributed by atoms with van der Waals surface area (Å²) in [6.45, 7) is 7.20. The lowest BCUT2D eigenvalue weighted by Gasteiger charge is -2.32. The molecule has 0 bridgehead atoms. The van der Waals surface area contributed by atoms with E-state index in [1.165, 1.54) is 0 Å². The first kappa shape index (κ1) is 20.1. The van der Waals surface area contributed by atoms with Gasteiger partial charge in [-0.1, -0.05) is 49.1 Å². The number of benzene rings is 2. The number of carbonyl (C=O) groups excluding carboxylic acids is 1. The molecule has 3 rings (SSSR count). The number of nitrogens with one attached hydrogen (secondary N) is 2. The summed E-state index contributed by atoms with van der Waals surface area (Å²) in [6, 6.07) is 15.0. The van der Waals surface area contributed by atoms with Crippen LogP contribution in [0.25, 0.3) is 0 Å². The van der Waals surface area contributed by atoms with Crippen molar-refractivity contribution >= 4 is 5.97 Å². The highest BCUT2D eigenvalue weighted by molar-refractivity contribution is 5.79. The van der Waals surface area contributed by atoms with Crippen molar-refractivity contribution in [1.82, 2.24) is 10.8 Å². The van der Waals surface area contributed by atoms with Crippen molar-refractivity contribution in [3.05, 3.63) is 77.9 Å². The van der Waals surface area contributed by atoms with E-state index in [9.17, 15) is 4.79 Å². The monoisotopic (exact) mass is 382 g/mol. The van der Waals surface area contributed by atoms with Crippen LogP contribution in [0.3, 0.4) is 0 Å². The molecule has 0 aliphatic carbocycles. The molecule has 2 atom stereocenters. The third-order valence-electron chi connectivity index (χ3n) is 4.47. The van der Waals surface area contributed by atoms with E-state index < -0.39 is 6.04 Å². The number of hydrogen-bond donors (Lipinski definition) is 2. The first-order chi connectivity index (χ1) is 13.7. The van der Waals surface area contributed by atoms with Crippen molar-refractivity contribution in [2.24, 2.45) is 0 Å². The molecule has 6 heteroatoms. The Morgan fingerprint density at radius 2 is 2.07 bits per heavy atom. The number of hydrogen-bond acceptors (Lipinski definition) is 6. The van der Waals surface area contributed by atoms with Gasteiger partial charge in [-0.3, -0.25) is 10.2 Å². The predicted molar refractivity (Wildman–Crippen MR) is 107 cm³/mol. The summed E-state index contributed by atoms with van der Waals surface area (Å²) in [6.07, 6.45) is 1.70. The summed E-state index contributed by atoms with van der Waals surface area (Å²) in [5.74, 6) is 0.435. The van der Waals surface area contributed by atoms with Crippen molar-refractivity contribution in [3.63, 3.8) is 0 Å². The van der Waals surface area contributed by atoms with E-state index in [0.29, 0.717) is 26.4 Å². The fourth-order valence-electron chi connectivity index (χ4n) is 3.16. The van der Waals surface area contributed by atoms with Gasteiger partial charge in [0.1, 0.15) is 18.4 Å². The average Bonchev–Trinajstić information content (AvgIpc) is 2.73. The summed E-state index contributed by atoms with van der Waals surface area (Å²) in [4.78, 5) is 18.1. The molecule has 0 spiro atoms. The lowest BCUT2D eigenvalue weighted by molar-refractivity contribution is -0.146. The fourth-order valence-corrected chi connectivity index (χ4v) is 3.16. The van der Waals surface area contributed by atoms with Crippen molar-refractivity contribution in [2.45, 2.75) is 25.6 Å². The van der Waals surface area contributed by atoms with Gasteiger partial charge in [0.2, 0.25) is 0 Å². The summed E-state index contributed by atoms with van der Waals surface area (Å²) in [5.41, 5.74) is 5.99. The molecule has 6 nitrogen and oxygen atoms in total. The lowest BCUT2D eigenvalue weighted by Crippen LogP contribution is -2.42. The van der Waals surface area contributed by atoms with Crippen molar-refractivity contribution in [2.75, 3.05) is 19.8 Å². The summed E-state index contributed by atoms with van der Waals surface area (Å²) in [5, 5.41) is 3.25. The van der Waals surface area contributed by atoms with E-state index in [1.54, 1.807) is 13.0 Å². The van der Waals surface area contributed by atoms with Gasteiger partial charge in [0.25, 0.3) is 0 Å². The molecule has 0 aromatic heterocycles. The van der Waals surface area contributed by atoms with Crippen LogP contribution in [0.4, 0.5) is 0 Å². The Hall–Kier alpha value is -2.67. The van der Waals surface area contributed by atoms with Crippen molar-refractivity contribution in [3.8, 4) is 5.75 Å². The molecule has 1 aliphatic rings. The zero-order chi connectivity index (χ0) is 19.8. The number of esters is 1. The third-order valence-corrected chi connectivity index (χ3v) is 4.47. The minimum Gasteiger partial charge on any atom is -0.490 e. The number of ether oxygens (including phenoxy) is 2. The zero-order valence-electron chi connectivity index (χ0n) is 16.0. The highest BCUT2D eigenvalue weighted by Gasteiger charge is 2.32. The molecule has 0 radical (unpaired) electrons. The van der Waals surface area contributed by atoms with Crippen LogP contribution < -0.4 is 15.5 Å². The maximum absolute atomic E-state index is 12.3. The first-order valence-corrected chi connectivity index (χ1v) is 9.41. The molecular formula is C22H26N2O4.